The Morgan fingerprint density at radius 1 is 1.00 bits per heavy atom. The number of nitrogen functional groups attached to an aromatic ring is 1. The van der Waals surface area contributed by atoms with Gasteiger partial charge in [-0.25, -0.2) is 8.78 Å². The molecule has 6 heteroatoms. The van der Waals surface area contributed by atoms with Crippen molar-refractivity contribution in [1.82, 2.24) is 5.16 Å². The molecule has 3 nitrogen and oxygen atoms in total. The van der Waals surface area contributed by atoms with Gasteiger partial charge in [-0.1, -0.05) is 51.4 Å². The van der Waals surface area contributed by atoms with Gasteiger partial charge in [0.05, 0.1) is 11.1 Å². The van der Waals surface area contributed by atoms with E-state index < -0.39 is 11.6 Å². The van der Waals surface area contributed by atoms with E-state index in [1.165, 1.54) is 0 Å². The van der Waals surface area contributed by atoms with Gasteiger partial charge in [0.15, 0.2) is 11.6 Å². The molecule has 0 saturated heterocycles. The molecule has 0 atom stereocenters. The zero-order chi connectivity index (χ0) is 15.0. The van der Waals surface area contributed by atoms with Crippen LogP contribution in [0, 0.1) is 11.6 Å². The van der Waals surface area contributed by atoms with Gasteiger partial charge >= 0.3 is 0 Å². The first-order chi connectivity index (χ1) is 10.1. The lowest BCUT2D eigenvalue weighted by atomic mass is 10.0. The summed E-state index contributed by atoms with van der Waals surface area (Å²) in [7, 11) is 0. The van der Waals surface area contributed by atoms with Crippen molar-refractivity contribution in [2.24, 2.45) is 0 Å². The fourth-order valence-electron chi connectivity index (χ4n) is 2.12. The summed E-state index contributed by atoms with van der Waals surface area (Å²) >= 11 is 3.04. The van der Waals surface area contributed by atoms with Gasteiger partial charge in [-0.15, -0.1) is 0 Å². The van der Waals surface area contributed by atoms with Crippen molar-refractivity contribution in [3.05, 3.63) is 58.6 Å². The fourth-order valence-corrected chi connectivity index (χ4v) is 2.52. The molecule has 0 unspecified atom stereocenters. The molecule has 0 amide bonds. The highest BCUT2D eigenvalue weighted by molar-refractivity contribution is 9.10. The third-order valence-corrected chi connectivity index (χ3v) is 3.47. The molecule has 21 heavy (non-hydrogen) atoms. The number of anilines is 1. The smallest absolute Gasteiger partial charge is 0.182 e. The van der Waals surface area contributed by atoms with E-state index in [0.29, 0.717) is 15.6 Å². The quantitative estimate of drug-likeness (QED) is 0.732. The standard InChI is InChI=1S/C15H9BrF2N2O/c16-9-6-10(17)13(11(18)7-9)14-12(15(19)20-21-14)8-4-2-1-3-5-8/h1-7H,(H2,19,20). The Bertz CT molecular complexity index is 780. The zero-order valence-electron chi connectivity index (χ0n) is 10.6. The van der Waals surface area contributed by atoms with Gasteiger partial charge in [0.1, 0.15) is 11.6 Å². The normalized spacial score (nSPS) is 10.8. The highest BCUT2D eigenvalue weighted by Gasteiger charge is 2.23. The van der Waals surface area contributed by atoms with Gasteiger partial charge in [0.25, 0.3) is 0 Å². The van der Waals surface area contributed by atoms with Crippen LogP contribution in [0.4, 0.5) is 14.6 Å². The van der Waals surface area contributed by atoms with Crippen LogP contribution in [0.15, 0.2) is 51.5 Å². The zero-order valence-corrected chi connectivity index (χ0v) is 12.2. The predicted octanol–water partition coefficient (Wildman–Crippen LogP) is 4.63. The predicted molar refractivity (Wildman–Crippen MR) is 79.4 cm³/mol. The second kappa shape index (κ2) is 5.29. The SMILES string of the molecule is Nc1noc(-c2c(F)cc(Br)cc2F)c1-c1ccccc1. The minimum absolute atomic E-state index is 0.0267. The van der Waals surface area contributed by atoms with E-state index in [2.05, 4.69) is 21.1 Å². The first kappa shape index (κ1) is 13.8. The van der Waals surface area contributed by atoms with Crippen molar-refractivity contribution in [1.29, 1.82) is 0 Å². The maximum absolute atomic E-state index is 14.1. The van der Waals surface area contributed by atoms with Gasteiger partial charge in [-0.2, -0.15) is 0 Å². The largest absolute Gasteiger partial charge is 0.380 e. The van der Waals surface area contributed by atoms with E-state index in [9.17, 15) is 8.78 Å². The molecule has 0 saturated carbocycles. The number of halogens is 3. The van der Waals surface area contributed by atoms with Crippen molar-refractivity contribution in [3.8, 4) is 22.5 Å². The van der Waals surface area contributed by atoms with E-state index >= 15 is 0 Å². The molecule has 2 aromatic carbocycles. The summed E-state index contributed by atoms with van der Waals surface area (Å²) in [5.41, 5.74) is 6.54. The van der Waals surface area contributed by atoms with E-state index in [1.54, 1.807) is 24.3 Å². The molecule has 0 aliphatic carbocycles. The summed E-state index contributed by atoms with van der Waals surface area (Å²) < 4.78 is 33.6. The molecule has 3 aromatic rings. The summed E-state index contributed by atoms with van der Waals surface area (Å²) in [5, 5.41) is 3.63. The lowest BCUT2D eigenvalue weighted by Gasteiger charge is -2.05. The first-order valence-electron chi connectivity index (χ1n) is 6.03. The van der Waals surface area contributed by atoms with Crippen molar-refractivity contribution in [3.63, 3.8) is 0 Å². The second-order valence-electron chi connectivity index (χ2n) is 4.38. The number of hydrogen-bond acceptors (Lipinski definition) is 3. The van der Waals surface area contributed by atoms with Gasteiger partial charge in [0.2, 0.25) is 0 Å². The number of hydrogen-bond donors (Lipinski definition) is 1. The Hall–Kier alpha value is -2.21. The van der Waals surface area contributed by atoms with Crippen LogP contribution in [0.5, 0.6) is 0 Å². The van der Waals surface area contributed by atoms with E-state index in [1.807, 2.05) is 6.07 Å². The minimum atomic E-state index is -0.754. The molecular weight excluding hydrogens is 342 g/mol. The Morgan fingerprint density at radius 3 is 2.24 bits per heavy atom. The van der Waals surface area contributed by atoms with Crippen LogP contribution in [0.25, 0.3) is 22.5 Å². The maximum atomic E-state index is 14.1. The van der Waals surface area contributed by atoms with Crippen molar-refractivity contribution in [2.75, 3.05) is 5.73 Å². The lowest BCUT2D eigenvalue weighted by Crippen LogP contribution is -1.93. The summed E-state index contributed by atoms with van der Waals surface area (Å²) in [4.78, 5) is 0. The van der Waals surface area contributed by atoms with Crippen LogP contribution in [-0.4, -0.2) is 5.16 Å². The Morgan fingerprint density at radius 2 is 1.62 bits per heavy atom. The van der Waals surface area contributed by atoms with Crippen molar-refractivity contribution < 1.29 is 13.3 Å². The third kappa shape index (κ3) is 2.42. The fraction of sp³-hybridized carbons (Fsp3) is 0. The molecule has 3 rings (SSSR count). The summed E-state index contributed by atoms with van der Waals surface area (Å²) in [6.45, 7) is 0. The van der Waals surface area contributed by atoms with Gasteiger partial charge in [-0.3, -0.25) is 0 Å². The molecule has 0 spiro atoms. The van der Waals surface area contributed by atoms with Gasteiger partial charge < -0.3 is 10.3 Å². The molecule has 2 N–H and O–H groups in total. The summed E-state index contributed by atoms with van der Waals surface area (Å²) in [6, 6.07) is 11.3. The van der Waals surface area contributed by atoms with Crippen LogP contribution in [-0.2, 0) is 0 Å². The van der Waals surface area contributed by atoms with Crippen molar-refractivity contribution >= 4 is 21.7 Å². The maximum Gasteiger partial charge on any atom is 0.182 e. The molecule has 0 bridgehead atoms. The second-order valence-corrected chi connectivity index (χ2v) is 5.30. The van der Waals surface area contributed by atoms with E-state index in [-0.39, 0.29) is 17.1 Å². The third-order valence-electron chi connectivity index (χ3n) is 3.01. The highest BCUT2D eigenvalue weighted by atomic mass is 79.9. The monoisotopic (exact) mass is 350 g/mol. The number of benzene rings is 2. The molecule has 0 aliphatic rings. The van der Waals surface area contributed by atoms with Crippen LogP contribution in [0.2, 0.25) is 0 Å². The van der Waals surface area contributed by atoms with Crippen LogP contribution >= 0.6 is 15.9 Å². The molecule has 0 radical (unpaired) electrons. The molecular formula is C15H9BrF2N2O. The summed E-state index contributed by atoms with van der Waals surface area (Å²) in [5.74, 6) is -1.45. The number of aromatic nitrogens is 1. The summed E-state index contributed by atoms with van der Waals surface area (Å²) in [6.07, 6.45) is 0. The molecule has 1 heterocycles. The topological polar surface area (TPSA) is 52.0 Å². The Labute approximate surface area is 127 Å². The lowest BCUT2D eigenvalue weighted by molar-refractivity contribution is 0.430. The van der Waals surface area contributed by atoms with E-state index in [4.69, 9.17) is 10.3 Å². The molecule has 106 valence electrons. The van der Waals surface area contributed by atoms with E-state index in [0.717, 1.165) is 12.1 Å². The Balaban J connectivity index is 2.27. The molecule has 0 aliphatic heterocycles. The average Bonchev–Trinajstić information content (AvgIpc) is 2.80. The van der Waals surface area contributed by atoms with Crippen molar-refractivity contribution in [2.45, 2.75) is 0 Å². The number of rotatable bonds is 2. The van der Waals surface area contributed by atoms with Crippen LogP contribution < -0.4 is 5.73 Å². The van der Waals surface area contributed by atoms with Crippen LogP contribution in [0.1, 0.15) is 0 Å². The molecule has 0 fully saturated rings. The van der Waals surface area contributed by atoms with Gasteiger partial charge in [-0.05, 0) is 17.7 Å². The number of nitrogens with zero attached hydrogens (tertiary/aromatic N) is 1. The first-order valence-corrected chi connectivity index (χ1v) is 6.82. The average molecular weight is 351 g/mol. The Kier molecular flexibility index (Phi) is 3.47. The highest BCUT2D eigenvalue weighted by Crippen LogP contribution is 2.39. The number of nitrogens with two attached hydrogens (primary N) is 1. The van der Waals surface area contributed by atoms with Crippen LogP contribution in [0.3, 0.4) is 0 Å². The van der Waals surface area contributed by atoms with Gasteiger partial charge in [0, 0.05) is 4.47 Å². The molecule has 1 aromatic heterocycles. The minimum Gasteiger partial charge on any atom is -0.380 e.